The standard InChI is InChI=1S/C12H20N2O2/c1-10(2)14(7-8-16-3)9-12(15)11-5-4-6-13-11/h4-6,10,13H,7-9H2,1-3H3. The van der Waals surface area contributed by atoms with Crippen LogP contribution in [-0.4, -0.2) is 48.5 Å². The van der Waals surface area contributed by atoms with Crippen LogP contribution < -0.4 is 0 Å². The van der Waals surface area contributed by atoms with Crippen molar-refractivity contribution in [1.29, 1.82) is 0 Å². The molecule has 1 heterocycles. The van der Waals surface area contributed by atoms with Crippen LogP contribution in [0.4, 0.5) is 0 Å². The van der Waals surface area contributed by atoms with E-state index in [2.05, 4.69) is 23.7 Å². The van der Waals surface area contributed by atoms with Crippen LogP contribution in [0.2, 0.25) is 0 Å². The molecule has 1 N–H and O–H groups in total. The maximum Gasteiger partial charge on any atom is 0.192 e. The minimum Gasteiger partial charge on any atom is -0.383 e. The Bertz CT molecular complexity index is 307. The number of hydrogen-bond donors (Lipinski definition) is 1. The van der Waals surface area contributed by atoms with Gasteiger partial charge in [0.25, 0.3) is 0 Å². The van der Waals surface area contributed by atoms with Crippen LogP contribution in [-0.2, 0) is 4.74 Å². The summed E-state index contributed by atoms with van der Waals surface area (Å²) in [5.41, 5.74) is 0.670. The van der Waals surface area contributed by atoms with Gasteiger partial charge in [0.2, 0.25) is 0 Å². The third-order valence-electron chi connectivity index (χ3n) is 2.56. The molecule has 0 saturated heterocycles. The average Bonchev–Trinajstić information content (AvgIpc) is 2.76. The van der Waals surface area contributed by atoms with E-state index in [1.807, 2.05) is 6.07 Å². The van der Waals surface area contributed by atoms with Crippen LogP contribution in [0.15, 0.2) is 18.3 Å². The molecule has 1 aromatic rings. The topological polar surface area (TPSA) is 45.3 Å². The molecule has 0 aliphatic heterocycles. The van der Waals surface area contributed by atoms with E-state index >= 15 is 0 Å². The highest BCUT2D eigenvalue weighted by atomic mass is 16.5. The average molecular weight is 224 g/mol. The maximum absolute atomic E-state index is 11.9. The number of carbonyl (C=O) groups excluding carboxylic acids is 1. The maximum atomic E-state index is 11.9. The smallest absolute Gasteiger partial charge is 0.192 e. The van der Waals surface area contributed by atoms with E-state index in [0.29, 0.717) is 24.9 Å². The zero-order valence-corrected chi connectivity index (χ0v) is 10.2. The molecule has 0 amide bonds. The fourth-order valence-electron chi connectivity index (χ4n) is 1.50. The molecule has 0 aliphatic rings. The normalized spacial score (nSPS) is 11.3. The first-order chi connectivity index (χ1) is 7.65. The molecule has 4 nitrogen and oxygen atoms in total. The second kappa shape index (κ2) is 6.45. The molecule has 4 heteroatoms. The minimum absolute atomic E-state index is 0.120. The van der Waals surface area contributed by atoms with Crippen molar-refractivity contribution in [2.24, 2.45) is 0 Å². The van der Waals surface area contributed by atoms with E-state index in [-0.39, 0.29) is 5.78 Å². The van der Waals surface area contributed by atoms with E-state index in [1.54, 1.807) is 19.4 Å². The highest BCUT2D eigenvalue weighted by Crippen LogP contribution is 2.03. The zero-order chi connectivity index (χ0) is 12.0. The highest BCUT2D eigenvalue weighted by Gasteiger charge is 2.15. The van der Waals surface area contributed by atoms with Gasteiger partial charge in [-0.1, -0.05) is 0 Å². The van der Waals surface area contributed by atoms with Gasteiger partial charge in [-0.05, 0) is 26.0 Å². The van der Waals surface area contributed by atoms with Crippen molar-refractivity contribution in [3.63, 3.8) is 0 Å². The zero-order valence-electron chi connectivity index (χ0n) is 10.2. The molecular weight excluding hydrogens is 204 g/mol. The molecule has 1 rings (SSSR count). The summed E-state index contributed by atoms with van der Waals surface area (Å²) < 4.78 is 5.03. The number of methoxy groups -OCH3 is 1. The summed E-state index contributed by atoms with van der Waals surface area (Å²) in [7, 11) is 1.67. The van der Waals surface area contributed by atoms with Gasteiger partial charge >= 0.3 is 0 Å². The van der Waals surface area contributed by atoms with Crippen molar-refractivity contribution < 1.29 is 9.53 Å². The van der Waals surface area contributed by atoms with Crippen molar-refractivity contribution in [1.82, 2.24) is 9.88 Å². The Morgan fingerprint density at radius 1 is 1.56 bits per heavy atom. The fourth-order valence-corrected chi connectivity index (χ4v) is 1.50. The van der Waals surface area contributed by atoms with Crippen molar-refractivity contribution in [3.8, 4) is 0 Å². The number of aromatic amines is 1. The van der Waals surface area contributed by atoms with Crippen LogP contribution >= 0.6 is 0 Å². The van der Waals surface area contributed by atoms with Gasteiger partial charge in [0.1, 0.15) is 0 Å². The van der Waals surface area contributed by atoms with Gasteiger partial charge in [0.15, 0.2) is 5.78 Å². The molecule has 0 fully saturated rings. The van der Waals surface area contributed by atoms with E-state index in [9.17, 15) is 4.79 Å². The Kier molecular flexibility index (Phi) is 5.22. The summed E-state index contributed by atoms with van der Waals surface area (Å²) in [5.74, 6) is 0.120. The number of hydrogen-bond acceptors (Lipinski definition) is 3. The summed E-state index contributed by atoms with van der Waals surface area (Å²) >= 11 is 0. The second-order valence-corrected chi connectivity index (χ2v) is 4.06. The molecule has 0 saturated carbocycles. The number of rotatable bonds is 7. The first-order valence-corrected chi connectivity index (χ1v) is 5.54. The van der Waals surface area contributed by atoms with E-state index in [4.69, 9.17) is 4.74 Å². The fraction of sp³-hybridized carbons (Fsp3) is 0.583. The molecule has 1 aromatic heterocycles. The molecule has 0 bridgehead atoms. The Morgan fingerprint density at radius 3 is 2.81 bits per heavy atom. The Hall–Kier alpha value is -1.13. The first kappa shape index (κ1) is 12.9. The number of carbonyl (C=O) groups is 1. The number of nitrogens with one attached hydrogen (secondary N) is 1. The molecule has 16 heavy (non-hydrogen) atoms. The lowest BCUT2D eigenvalue weighted by atomic mass is 10.2. The van der Waals surface area contributed by atoms with Crippen LogP contribution in [0, 0.1) is 0 Å². The van der Waals surface area contributed by atoms with E-state index in [0.717, 1.165) is 6.54 Å². The molecule has 0 spiro atoms. The Morgan fingerprint density at radius 2 is 2.31 bits per heavy atom. The van der Waals surface area contributed by atoms with Crippen molar-refractivity contribution in [2.75, 3.05) is 26.8 Å². The van der Waals surface area contributed by atoms with Crippen molar-refractivity contribution in [2.45, 2.75) is 19.9 Å². The van der Waals surface area contributed by atoms with Crippen molar-refractivity contribution >= 4 is 5.78 Å². The van der Waals surface area contributed by atoms with Gasteiger partial charge in [0, 0.05) is 25.9 Å². The summed E-state index contributed by atoms with van der Waals surface area (Å²) in [6.07, 6.45) is 1.77. The lowest BCUT2D eigenvalue weighted by Gasteiger charge is -2.24. The Balaban J connectivity index is 2.51. The first-order valence-electron chi connectivity index (χ1n) is 5.54. The SMILES string of the molecule is COCCN(CC(=O)c1ccc[nH]1)C(C)C. The molecule has 0 atom stereocenters. The minimum atomic E-state index is 0.120. The summed E-state index contributed by atoms with van der Waals surface area (Å²) in [6, 6.07) is 3.98. The number of H-pyrrole nitrogens is 1. The lowest BCUT2D eigenvalue weighted by molar-refractivity contribution is 0.0848. The molecule has 0 aliphatic carbocycles. The van der Waals surface area contributed by atoms with Gasteiger partial charge in [0.05, 0.1) is 18.8 Å². The van der Waals surface area contributed by atoms with Crippen LogP contribution in [0.5, 0.6) is 0 Å². The number of ether oxygens (including phenoxy) is 1. The van der Waals surface area contributed by atoms with Gasteiger partial charge in [-0.3, -0.25) is 9.69 Å². The van der Waals surface area contributed by atoms with Crippen LogP contribution in [0.3, 0.4) is 0 Å². The number of Topliss-reactive ketones (excluding diaryl/α,β-unsaturated/α-hetero) is 1. The largest absolute Gasteiger partial charge is 0.383 e. The van der Waals surface area contributed by atoms with Gasteiger partial charge in [-0.25, -0.2) is 0 Å². The number of aromatic nitrogens is 1. The molecular formula is C12H20N2O2. The number of ketones is 1. The summed E-state index contributed by atoms with van der Waals surface area (Å²) in [4.78, 5) is 16.9. The predicted molar refractivity (Wildman–Crippen MR) is 63.7 cm³/mol. The van der Waals surface area contributed by atoms with Gasteiger partial charge in [-0.15, -0.1) is 0 Å². The molecule has 0 radical (unpaired) electrons. The second-order valence-electron chi connectivity index (χ2n) is 4.06. The van der Waals surface area contributed by atoms with Gasteiger partial charge < -0.3 is 9.72 Å². The van der Waals surface area contributed by atoms with Crippen molar-refractivity contribution in [3.05, 3.63) is 24.0 Å². The molecule has 90 valence electrons. The predicted octanol–water partition coefficient (Wildman–Crippen LogP) is 1.55. The molecule has 0 aromatic carbocycles. The van der Waals surface area contributed by atoms with Gasteiger partial charge in [-0.2, -0.15) is 0 Å². The third-order valence-corrected chi connectivity index (χ3v) is 2.56. The van der Waals surface area contributed by atoms with Crippen LogP contribution in [0.25, 0.3) is 0 Å². The van der Waals surface area contributed by atoms with E-state index < -0.39 is 0 Å². The highest BCUT2D eigenvalue weighted by molar-refractivity contribution is 5.95. The quantitative estimate of drug-likeness (QED) is 0.715. The van der Waals surface area contributed by atoms with E-state index in [1.165, 1.54) is 0 Å². The summed E-state index contributed by atoms with van der Waals surface area (Å²) in [6.45, 7) is 6.02. The number of nitrogens with zero attached hydrogens (tertiary/aromatic N) is 1. The summed E-state index contributed by atoms with van der Waals surface area (Å²) in [5, 5.41) is 0. The van der Waals surface area contributed by atoms with Crippen LogP contribution in [0.1, 0.15) is 24.3 Å². The lowest BCUT2D eigenvalue weighted by Crippen LogP contribution is -2.38. The monoisotopic (exact) mass is 224 g/mol. The molecule has 0 unspecified atom stereocenters. The third kappa shape index (κ3) is 3.79. The Labute approximate surface area is 96.6 Å².